The number of nitrogens with one attached hydrogen (secondary N) is 1. The Bertz CT molecular complexity index is 326. The van der Waals surface area contributed by atoms with E-state index in [4.69, 9.17) is 0 Å². The molecule has 1 N–H and O–H groups in total. The minimum Gasteiger partial charge on any atom is -0.362 e. The van der Waals surface area contributed by atoms with Crippen LogP contribution in [-0.2, 0) is 5.41 Å². The largest absolute Gasteiger partial charge is 0.362 e. The van der Waals surface area contributed by atoms with Gasteiger partial charge >= 0.3 is 0 Å². The highest BCUT2D eigenvalue weighted by Gasteiger charge is 2.22. The summed E-state index contributed by atoms with van der Waals surface area (Å²) >= 11 is 0. The Morgan fingerprint density at radius 1 is 1.42 bits per heavy atom. The van der Waals surface area contributed by atoms with E-state index in [1.54, 1.807) is 6.20 Å². The van der Waals surface area contributed by atoms with Crippen molar-refractivity contribution in [3.63, 3.8) is 0 Å². The number of aromatic nitrogens is 1. The number of hydrogen-bond donors (Lipinski definition) is 1. The molecule has 0 saturated carbocycles. The van der Waals surface area contributed by atoms with Crippen LogP contribution in [0.25, 0.3) is 0 Å². The molecule has 0 spiro atoms. The first-order chi connectivity index (χ1) is 5.70. The van der Waals surface area contributed by atoms with Gasteiger partial charge in [-0.05, 0) is 12.3 Å². The Hall–Kier alpha value is -1.31. The van der Waals surface area contributed by atoms with Crippen LogP contribution in [0.5, 0.6) is 0 Å². The van der Waals surface area contributed by atoms with Gasteiger partial charge in [-0.2, -0.15) is 0 Å². The van der Waals surface area contributed by atoms with Gasteiger partial charge in [-0.15, -0.1) is 0 Å². The van der Waals surface area contributed by atoms with E-state index in [0.717, 1.165) is 5.69 Å². The van der Waals surface area contributed by atoms with Crippen LogP contribution < -0.4 is 5.32 Å². The molecule has 0 saturated heterocycles. The van der Waals surface area contributed by atoms with Crippen molar-refractivity contribution >= 4 is 5.69 Å². The zero-order valence-corrected chi connectivity index (χ0v) is 7.33. The van der Waals surface area contributed by atoms with Crippen LogP contribution in [0.2, 0.25) is 0 Å². The molecule has 0 amide bonds. The summed E-state index contributed by atoms with van der Waals surface area (Å²) in [5.74, 6) is 0. The molecule has 0 fully saturated rings. The fraction of sp³-hybridized carbons (Fsp3) is 0.300. The molecule has 2 heterocycles. The van der Waals surface area contributed by atoms with Gasteiger partial charge in [0.25, 0.3) is 0 Å². The van der Waals surface area contributed by atoms with Crippen molar-refractivity contribution in [2.45, 2.75) is 19.3 Å². The molecule has 1 aliphatic rings. The molecule has 12 heavy (non-hydrogen) atoms. The highest BCUT2D eigenvalue weighted by Crippen LogP contribution is 2.33. The van der Waals surface area contributed by atoms with Crippen LogP contribution in [-0.4, -0.2) is 4.98 Å². The summed E-state index contributed by atoms with van der Waals surface area (Å²) in [7, 11) is 0. The molecule has 1 aromatic rings. The third-order valence-corrected chi connectivity index (χ3v) is 2.25. The predicted octanol–water partition coefficient (Wildman–Crippen LogP) is 2.30. The van der Waals surface area contributed by atoms with Crippen LogP contribution >= 0.6 is 0 Å². The monoisotopic (exact) mass is 160 g/mol. The molecular weight excluding hydrogens is 148 g/mol. The summed E-state index contributed by atoms with van der Waals surface area (Å²) in [6, 6.07) is 2.00. The van der Waals surface area contributed by atoms with E-state index in [1.807, 2.05) is 18.5 Å². The number of allylic oxidation sites excluding steroid dienone is 1. The van der Waals surface area contributed by atoms with E-state index >= 15 is 0 Å². The lowest BCUT2D eigenvalue weighted by atomic mass is 9.83. The molecule has 2 rings (SSSR count). The first-order valence-electron chi connectivity index (χ1n) is 4.09. The van der Waals surface area contributed by atoms with Crippen LogP contribution in [0.3, 0.4) is 0 Å². The number of pyridine rings is 1. The Morgan fingerprint density at radius 3 is 3.00 bits per heavy atom. The van der Waals surface area contributed by atoms with E-state index in [1.165, 1.54) is 5.56 Å². The standard InChI is InChI=1S/C10H12N2/c1-10(2)4-6-12-9-3-5-11-7-8(9)10/h3-7,12H,1-2H3. The van der Waals surface area contributed by atoms with Gasteiger partial charge < -0.3 is 5.32 Å². The lowest BCUT2D eigenvalue weighted by Crippen LogP contribution is -2.19. The van der Waals surface area contributed by atoms with E-state index < -0.39 is 0 Å². The molecule has 0 unspecified atom stereocenters. The molecule has 2 heteroatoms. The van der Waals surface area contributed by atoms with Gasteiger partial charge in [0.15, 0.2) is 0 Å². The van der Waals surface area contributed by atoms with Crippen LogP contribution in [0.1, 0.15) is 19.4 Å². The van der Waals surface area contributed by atoms with Crippen molar-refractivity contribution in [3.05, 3.63) is 36.3 Å². The van der Waals surface area contributed by atoms with Crippen molar-refractivity contribution in [2.24, 2.45) is 0 Å². The first-order valence-corrected chi connectivity index (χ1v) is 4.09. The van der Waals surface area contributed by atoms with Crippen molar-refractivity contribution in [2.75, 3.05) is 5.32 Å². The van der Waals surface area contributed by atoms with E-state index in [9.17, 15) is 0 Å². The summed E-state index contributed by atoms with van der Waals surface area (Å²) < 4.78 is 0. The minimum atomic E-state index is 0.106. The third-order valence-electron chi connectivity index (χ3n) is 2.25. The van der Waals surface area contributed by atoms with Crippen LogP contribution in [0.15, 0.2) is 30.7 Å². The molecule has 1 aliphatic heterocycles. The second-order valence-electron chi connectivity index (χ2n) is 3.62. The van der Waals surface area contributed by atoms with Gasteiger partial charge in [-0.25, -0.2) is 0 Å². The zero-order valence-electron chi connectivity index (χ0n) is 7.33. The van der Waals surface area contributed by atoms with E-state index in [-0.39, 0.29) is 5.41 Å². The SMILES string of the molecule is CC1(C)C=CNc2ccncc21. The Balaban J connectivity index is 2.58. The third kappa shape index (κ3) is 0.998. The summed E-state index contributed by atoms with van der Waals surface area (Å²) in [6.45, 7) is 4.37. The van der Waals surface area contributed by atoms with Crippen LogP contribution in [0, 0.1) is 0 Å². The molecule has 1 aromatic heterocycles. The van der Waals surface area contributed by atoms with Gasteiger partial charge in [-0.1, -0.05) is 19.9 Å². The van der Waals surface area contributed by atoms with Gasteiger partial charge in [0.2, 0.25) is 0 Å². The minimum absolute atomic E-state index is 0.106. The van der Waals surface area contributed by atoms with E-state index in [0.29, 0.717) is 0 Å². The number of anilines is 1. The Labute approximate surface area is 72.3 Å². The molecule has 0 aromatic carbocycles. The molecule has 0 bridgehead atoms. The summed E-state index contributed by atoms with van der Waals surface area (Å²) in [6.07, 6.45) is 7.87. The van der Waals surface area contributed by atoms with Crippen molar-refractivity contribution in [1.82, 2.24) is 4.98 Å². The maximum Gasteiger partial charge on any atom is 0.0451 e. The summed E-state index contributed by atoms with van der Waals surface area (Å²) in [5.41, 5.74) is 2.53. The average Bonchev–Trinajstić information content (AvgIpc) is 2.04. The summed E-state index contributed by atoms with van der Waals surface area (Å²) in [5, 5.41) is 3.20. The second kappa shape index (κ2) is 2.34. The number of fused-ring (bicyclic) bond motifs is 1. The van der Waals surface area contributed by atoms with Gasteiger partial charge in [-0.3, -0.25) is 4.98 Å². The molecule has 0 aliphatic carbocycles. The van der Waals surface area contributed by atoms with Gasteiger partial charge in [0.1, 0.15) is 0 Å². The predicted molar refractivity (Wildman–Crippen MR) is 50.0 cm³/mol. The van der Waals surface area contributed by atoms with Crippen molar-refractivity contribution in [1.29, 1.82) is 0 Å². The highest BCUT2D eigenvalue weighted by molar-refractivity contribution is 5.58. The van der Waals surface area contributed by atoms with E-state index in [2.05, 4.69) is 30.2 Å². The first kappa shape index (κ1) is 7.35. The van der Waals surface area contributed by atoms with Gasteiger partial charge in [0.05, 0.1) is 0 Å². The Kier molecular flexibility index (Phi) is 1.43. The number of rotatable bonds is 0. The molecule has 2 nitrogen and oxygen atoms in total. The fourth-order valence-electron chi connectivity index (χ4n) is 1.46. The average molecular weight is 160 g/mol. The smallest absolute Gasteiger partial charge is 0.0451 e. The number of hydrogen-bond acceptors (Lipinski definition) is 2. The van der Waals surface area contributed by atoms with Crippen LogP contribution in [0.4, 0.5) is 5.69 Å². The summed E-state index contributed by atoms with van der Waals surface area (Å²) in [4.78, 5) is 4.12. The van der Waals surface area contributed by atoms with Crippen molar-refractivity contribution < 1.29 is 0 Å². The quantitative estimate of drug-likeness (QED) is 0.630. The lowest BCUT2D eigenvalue weighted by Gasteiger charge is -2.27. The van der Waals surface area contributed by atoms with Gasteiger partial charge in [0, 0.05) is 29.1 Å². The van der Waals surface area contributed by atoms with Crippen molar-refractivity contribution in [3.8, 4) is 0 Å². The second-order valence-corrected chi connectivity index (χ2v) is 3.62. The molecule has 0 radical (unpaired) electrons. The highest BCUT2D eigenvalue weighted by atomic mass is 14.9. The lowest BCUT2D eigenvalue weighted by molar-refractivity contribution is 0.661. The molecule has 0 atom stereocenters. The normalized spacial score (nSPS) is 18.2. The molecular formula is C10H12N2. The maximum atomic E-state index is 4.12. The maximum absolute atomic E-state index is 4.12. The number of nitrogens with zero attached hydrogens (tertiary/aromatic N) is 1. The topological polar surface area (TPSA) is 24.9 Å². The zero-order chi connectivity index (χ0) is 8.60. The Morgan fingerprint density at radius 2 is 2.25 bits per heavy atom. The molecule has 62 valence electrons. The fourth-order valence-corrected chi connectivity index (χ4v) is 1.46.